The number of sulfone groups is 1. The third-order valence-corrected chi connectivity index (χ3v) is 4.34. The van der Waals surface area contributed by atoms with Gasteiger partial charge in [0.1, 0.15) is 11.6 Å². The van der Waals surface area contributed by atoms with E-state index in [9.17, 15) is 22.8 Å². The summed E-state index contributed by atoms with van der Waals surface area (Å²) in [5.74, 6) is -0.438. The van der Waals surface area contributed by atoms with E-state index in [1.165, 1.54) is 13.2 Å². The van der Waals surface area contributed by atoms with Crippen LogP contribution in [-0.4, -0.2) is 37.3 Å². The van der Waals surface area contributed by atoms with Crippen molar-refractivity contribution in [2.24, 2.45) is 0 Å². The minimum Gasteiger partial charge on any atom is -0.481 e. The molecule has 0 atom stereocenters. The molecule has 0 amide bonds. The Hall–Kier alpha value is -2.80. The van der Waals surface area contributed by atoms with Crippen LogP contribution in [0.3, 0.4) is 0 Å². The number of hydrogen-bond acceptors (Lipinski definition) is 5. The van der Waals surface area contributed by atoms with Gasteiger partial charge in [0.15, 0.2) is 9.84 Å². The van der Waals surface area contributed by atoms with Crippen LogP contribution in [0.4, 0.5) is 0 Å². The predicted molar refractivity (Wildman–Crippen MR) is 138 cm³/mol. The summed E-state index contributed by atoms with van der Waals surface area (Å²) in [5.41, 5.74) is 1.94. The highest BCUT2D eigenvalue weighted by molar-refractivity contribution is 7.89. The number of benzene rings is 2. The molecule has 0 bridgehead atoms. The maximum atomic E-state index is 10.8. The minimum atomic E-state index is -2.88. The molecule has 2 aromatic rings. The molecule has 188 valence electrons. The van der Waals surface area contributed by atoms with Crippen molar-refractivity contribution in [3.63, 3.8) is 0 Å². The normalized spacial score (nSPS) is 9.06. The van der Waals surface area contributed by atoms with Gasteiger partial charge in [0.25, 0.3) is 0 Å². The smallest absolute Gasteiger partial charge is 0.303 e. The van der Waals surface area contributed by atoms with Crippen LogP contribution in [0.1, 0.15) is 66.5 Å². The van der Waals surface area contributed by atoms with E-state index in [1.807, 2.05) is 48.5 Å². The summed E-state index contributed by atoms with van der Waals surface area (Å²) in [5, 5.41) is 8.12. The van der Waals surface area contributed by atoms with Crippen molar-refractivity contribution >= 4 is 27.4 Å². The lowest BCUT2D eigenvalue weighted by Crippen LogP contribution is -1.99. The average molecular weight is 483 g/mol. The Morgan fingerprint density at radius 2 is 1.15 bits per heavy atom. The summed E-state index contributed by atoms with van der Waals surface area (Å²) in [7, 11) is -2.88. The van der Waals surface area contributed by atoms with Crippen LogP contribution in [0.2, 0.25) is 0 Å². The predicted octanol–water partition coefficient (Wildman–Crippen LogP) is 5.79. The van der Waals surface area contributed by atoms with E-state index < -0.39 is 15.8 Å². The molecule has 0 aliphatic rings. The molecule has 0 radical (unpaired) electrons. The first-order valence-electron chi connectivity index (χ1n) is 9.46. The standard InChI is InChI=1S/C9H10O.C8H10O2S.C6H10O3.3CH4/c1-8(10)7-9-5-3-2-4-6-9;1-11(9,10)7-8-5-3-2-4-6-8;1-5(7)3-2-4-6(8)9;;;/h2-6H,7H2,1H3;2-6H,7H2,1H3;2-4H2,1H3,(H,8,9);3*1H4. The number of carboxylic acids is 1. The largest absolute Gasteiger partial charge is 0.481 e. The molecule has 1 N–H and O–H groups in total. The van der Waals surface area contributed by atoms with Crippen LogP contribution in [-0.2, 0) is 36.4 Å². The Labute approximate surface area is 201 Å². The quantitative estimate of drug-likeness (QED) is 0.510. The Balaban J connectivity index is -0.000000184. The van der Waals surface area contributed by atoms with E-state index >= 15 is 0 Å². The molecule has 0 heterocycles. The minimum absolute atomic E-state index is 0. The van der Waals surface area contributed by atoms with Gasteiger partial charge in [0, 0.05) is 25.5 Å². The van der Waals surface area contributed by atoms with E-state index in [4.69, 9.17) is 5.11 Å². The number of rotatable bonds is 8. The van der Waals surface area contributed by atoms with Crippen molar-refractivity contribution in [3.05, 3.63) is 71.8 Å². The first kappa shape index (κ1) is 37.5. The van der Waals surface area contributed by atoms with Gasteiger partial charge in [-0.15, -0.1) is 0 Å². The third-order valence-electron chi connectivity index (χ3n) is 3.49. The SMILES string of the molecule is C.C.C.CC(=O)CCCC(=O)O.CC(=O)Cc1ccccc1.CS(=O)(=O)Cc1ccccc1. The van der Waals surface area contributed by atoms with E-state index in [0.29, 0.717) is 19.3 Å². The molecule has 33 heavy (non-hydrogen) atoms. The van der Waals surface area contributed by atoms with Gasteiger partial charge >= 0.3 is 5.97 Å². The molecule has 0 aliphatic carbocycles. The second-order valence-corrected chi connectivity index (χ2v) is 9.01. The second-order valence-electron chi connectivity index (χ2n) is 6.87. The van der Waals surface area contributed by atoms with Crippen LogP contribution in [0.15, 0.2) is 60.7 Å². The molecule has 0 unspecified atom stereocenters. The molecule has 0 aromatic heterocycles. The zero-order chi connectivity index (χ0) is 23.0. The third kappa shape index (κ3) is 27.2. The highest BCUT2D eigenvalue weighted by atomic mass is 32.2. The molecular formula is C26H42O6S. The molecule has 0 saturated heterocycles. The van der Waals surface area contributed by atoms with Crippen molar-refractivity contribution in [3.8, 4) is 0 Å². The highest BCUT2D eigenvalue weighted by Crippen LogP contribution is 2.03. The van der Waals surface area contributed by atoms with Gasteiger partial charge in [-0.05, 0) is 31.4 Å². The molecule has 0 saturated carbocycles. The van der Waals surface area contributed by atoms with Crippen LogP contribution < -0.4 is 0 Å². The van der Waals surface area contributed by atoms with Crippen LogP contribution in [0, 0.1) is 0 Å². The molecule has 0 fully saturated rings. The van der Waals surface area contributed by atoms with Crippen molar-refractivity contribution < 1.29 is 27.9 Å². The van der Waals surface area contributed by atoms with Gasteiger partial charge in [-0.2, -0.15) is 0 Å². The van der Waals surface area contributed by atoms with Gasteiger partial charge in [0.05, 0.1) is 5.75 Å². The fraction of sp³-hybridized carbons (Fsp3) is 0.423. The lowest BCUT2D eigenvalue weighted by molar-refractivity contribution is -0.137. The summed E-state index contributed by atoms with van der Waals surface area (Å²) < 4.78 is 21.6. The van der Waals surface area contributed by atoms with Crippen molar-refractivity contribution in [2.45, 2.75) is 67.6 Å². The fourth-order valence-electron chi connectivity index (χ4n) is 2.25. The summed E-state index contributed by atoms with van der Waals surface area (Å²) in [6.45, 7) is 3.06. The van der Waals surface area contributed by atoms with Gasteiger partial charge < -0.3 is 9.90 Å². The first-order chi connectivity index (χ1) is 14.0. The van der Waals surface area contributed by atoms with Gasteiger partial charge in [-0.25, -0.2) is 8.42 Å². The highest BCUT2D eigenvalue weighted by Gasteiger charge is 2.02. The number of Topliss-reactive ketones (excluding diaryl/α,β-unsaturated/α-hetero) is 2. The maximum absolute atomic E-state index is 10.8. The maximum Gasteiger partial charge on any atom is 0.303 e. The Morgan fingerprint density at radius 1 is 0.727 bits per heavy atom. The molecule has 6 nitrogen and oxygen atoms in total. The summed E-state index contributed by atoms with van der Waals surface area (Å²) >= 11 is 0. The van der Waals surface area contributed by atoms with Crippen molar-refractivity contribution in [1.82, 2.24) is 0 Å². The number of aliphatic carboxylic acids is 1. The molecular weight excluding hydrogens is 440 g/mol. The number of ketones is 2. The van der Waals surface area contributed by atoms with Gasteiger partial charge in [-0.3, -0.25) is 9.59 Å². The van der Waals surface area contributed by atoms with Crippen molar-refractivity contribution in [1.29, 1.82) is 0 Å². The molecule has 0 aliphatic heterocycles. The number of carbonyl (C=O) groups is 3. The summed E-state index contributed by atoms with van der Waals surface area (Å²) in [6.07, 6.45) is 2.73. The number of hydrogen-bond donors (Lipinski definition) is 1. The van der Waals surface area contributed by atoms with E-state index in [2.05, 4.69) is 0 Å². The Bertz CT molecular complexity index is 862. The topological polar surface area (TPSA) is 106 Å². The van der Waals surface area contributed by atoms with Crippen LogP contribution in [0.25, 0.3) is 0 Å². The number of carbonyl (C=O) groups excluding carboxylic acids is 2. The zero-order valence-electron chi connectivity index (χ0n) is 17.7. The van der Waals surface area contributed by atoms with Gasteiger partial charge in [-0.1, -0.05) is 82.9 Å². The lowest BCUT2D eigenvalue weighted by atomic mass is 10.1. The molecule has 2 rings (SSSR count). The van der Waals surface area contributed by atoms with Crippen molar-refractivity contribution in [2.75, 3.05) is 6.26 Å². The molecule has 2 aromatic carbocycles. The van der Waals surface area contributed by atoms with Crippen LogP contribution >= 0.6 is 0 Å². The fourth-order valence-corrected chi connectivity index (χ4v) is 3.05. The monoisotopic (exact) mass is 482 g/mol. The summed E-state index contributed by atoms with van der Waals surface area (Å²) in [6, 6.07) is 18.9. The second kappa shape index (κ2) is 21.1. The zero-order valence-corrected chi connectivity index (χ0v) is 18.5. The molecule has 0 spiro atoms. The molecule has 7 heteroatoms. The van der Waals surface area contributed by atoms with Crippen LogP contribution in [0.5, 0.6) is 0 Å². The van der Waals surface area contributed by atoms with E-state index in [-0.39, 0.29) is 46.0 Å². The first-order valence-corrected chi connectivity index (χ1v) is 11.5. The number of carboxylic acid groups (broad SMARTS) is 1. The lowest BCUT2D eigenvalue weighted by Gasteiger charge is -1.96. The average Bonchev–Trinajstić information content (AvgIpc) is 2.62. The van der Waals surface area contributed by atoms with E-state index in [0.717, 1.165) is 11.1 Å². The van der Waals surface area contributed by atoms with Gasteiger partial charge in [0.2, 0.25) is 0 Å². The Kier molecular flexibility index (Phi) is 23.9. The van der Waals surface area contributed by atoms with E-state index in [1.54, 1.807) is 19.1 Å². The Morgan fingerprint density at radius 3 is 1.48 bits per heavy atom. The summed E-state index contributed by atoms with van der Waals surface area (Å²) in [4.78, 5) is 30.7.